The van der Waals surface area contributed by atoms with Crippen molar-refractivity contribution in [1.82, 2.24) is 4.90 Å². The number of hydrogen-bond acceptors (Lipinski definition) is 2. The molecule has 2 aliphatic carbocycles. The van der Waals surface area contributed by atoms with Crippen LogP contribution in [0.4, 0.5) is 0 Å². The molecule has 17 heavy (non-hydrogen) atoms. The molecular formula is C14H23NO2. The Balaban J connectivity index is 1.81. The van der Waals surface area contributed by atoms with E-state index in [9.17, 15) is 9.90 Å². The van der Waals surface area contributed by atoms with Crippen LogP contribution in [0.3, 0.4) is 0 Å². The normalized spacial score (nSPS) is 39.9. The van der Waals surface area contributed by atoms with Gasteiger partial charge in [-0.2, -0.15) is 0 Å². The highest BCUT2D eigenvalue weighted by atomic mass is 16.4. The van der Waals surface area contributed by atoms with Crippen molar-refractivity contribution in [3.8, 4) is 0 Å². The number of nitrogens with zero attached hydrogens (tertiary/aromatic N) is 1. The van der Waals surface area contributed by atoms with Crippen LogP contribution >= 0.6 is 0 Å². The minimum atomic E-state index is -0.591. The van der Waals surface area contributed by atoms with Crippen LogP contribution in [0.5, 0.6) is 0 Å². The molecule has 3 aliphatic rings. The van der Waals surface area contributed by atoms with Crippen molar-refractivity contribution in [1.29, 1.82) is 0 Å². The van der Waals surface area contributed by atoms with E-state index in [1.165, 1.54) is 38.5 Å². The molecular weight excluding hydrogens is 214 g/mol. The Morgan fingerprint density at radius 3 is 2.59 bits per heavy atom. The van der Waals surface area contributed by atoms with E-state index in [1.54, 1.807) is 0 Å². The van der Waals surface area contributed by atoms with Crippen LogP contribution in [-0.4, -0.2) is 34.1 Å². The van der Waals surface area contributed by atoms with Gasteiger partial charge in [0.05, 0.1) is 0 Å². The molecule has 1 aliphatic heterocycles. The molecule has 1 saturated heterocycles. The first-order valence-corrected chi connectivity index (χ1v) is 7.18. The fraction of sp³-hybridized carbons (Fsp3) is 0.929. The van der Waals surface area contributed by atoms with Gasteiger partial charge in [-0.15, -0.1) is 0 Å². The molecule has 3 nitrogen and oxygen atoms in total. The minimum absolute atomic E-state index is 0.196. The molecule has 2 saturated carbocycles. The fourth-order valence-corrected chi connectivity index (χ4v) is 4.13. The third-order valence-corrected chi connectivity index (χ3v) is 5.20. The van der Waals surface area contributed by atoms with E-state index in [-0.39, 0.29) is 6.04 Å². The van der Waals surface area contributed by atoms with Gasteiger partial charge in [-0.1, -0.05) is 12.8 Å². The average molecular weight is 237 g/mol. The molecule has 0 bridgehead atoms. The average Bonchev–Trinajstić information content (AvgIpc) is 3.08. The number of aliphatic carboxylic acids is 1. The Morgan fingerprint density at radius 1 is 1.24 bits per heavy atom. The van der Waals surface area contributed by atoms with E-state index in [0.717, 1.165) is 12.3 Å². The largest absolute Gasteiger partial charge is 0.480 e. The lowest BCUT2D eigenvalue weighted by Gasteiger charge is -2.37. The maximum absolute atomic E-state index is 11.5. The summed E-state index contributed by atoms with van der Waals surface area (Å²) in [7, 11) is 0. The lowest BCUT2D eigenvalue weighted by molar-refractivity contribution is -0.143. The molecule has 1 N–H and O–H groups in total. The van der Waals surface area contributed by atoms with Crippen molar-refractivity contribution in [2.75, 3.05) is 0 Å². The number of carbonyl (C=O) groups is 1. The Kier molecular flexibility index (Phi) is 2.89. The van der Waals surface area contributed by atoms with Crippen molar-refractivity contribution < 1.29 is 9.90 Å². The third kappa shape index (κ3) is 1.99. The number of likely N-dealkylation sites (tertiary alicyclic amines) is 1. The first-order chi connectivity index (χ1) is 8.18. The van der Waals surface area contributed by atoms with E-state index in [1.807, 2.05) is 0 Å². The monoisotopic (exact) mass is 237 g/mol. The van der Waals surface area contributed by atoms with Crippen LogP contribution in [0.25, 0.3) is 0 Å². The van der Waals surface area contributed by atoms with Gasteiger partial charge in [-0.05, 0) is 50.9 Å². The Labute approximate surface area is 103 Å². The highest BCUT2D eigenvalue weighted by Crippen LogP contribution is 2.45. The molecule has 0 spiro atoms. The summed E-state index contributed by atoms with van der Waals surface area (Å²) < 4.78 is 0. The van der Waals surface area contributed by atoms with Crippen molar-refractivity contribution in [2.24, 2.45) is 11.8 Å². The van der Waals surface area contributed by atoms with E-state index in [0.29, 0.717) is 18.0 Å². The second-order valence-corrected chi connectivity index (χ2v) is 6.23. The Morgan fingerprint density at radius 2 is 1.94 bits per heavy atom. The topological polar surface area (TPSA) is 40.5 Å². The lowest BCUT2D eigenvalue weighted by atomic mass is 9.84. The molecule has 3 rings (SSSR count). The van der Waals surface area contributed by atoms with E-state index in [2.05, 4.69) is 11.8 Å². The highest BCUT2D eigenvalue weighted by Gasteiger charge is 2.49. The van der Waals surface area contributed by atoms with E-state index < -0.39 is 5.97 Å². The van der Waals surface area contributed by atoms with Crippen molar-refractivity contribution in [2.45, 2.75) is 70.0 Å². The number of hydrogen-bond donors (Lipinski definition) is 1. The van der Waals surface area contributed by atoms with E-state index >= 15 is 0 Å². The summed E-state index contributed by atoms with van der Waals surface area (Å²) in [6, 6.07) is 0.864. The molecule has 3 heteroatoms. The third-order valence-electron chi connectivity index (χ3n) is 5.20. The first-order valence-electron chi connectivity index (χ1n) is 7.18. The Bertz CT molecular complexity index is 313. The van der Waals surface area contributed by atoms with Crippen LogP contribution < -0.4 is 0 Å². The van der Waals surface area contributed by atoms with Gasteiger partial charge in [0.2, 0.25) is 0 Å². The summed E-state index contributed by atoms with van der Waals surface area (Å²) in [6.07, 6.45) is 8.59. The molecule has 0 aromatic rings. The minimum Gasteiger partial charge on any atom is -0.480 e. The molecule has 0 amide bonds. The van der Waals surface area contributed by atoms with Crippen LogP contribution in [-0.2, 0) is 4.79 Å². The summed E-state index contributed by atoms with van der Waals surface area (Å²) in [4.78, 5) is 13.8. The number of fused-ring (bicyclic) bond motifs is 1. The van der Waals surface area contributed by atoms with E-state index in [4.69, 9.17) is 0 Å². The molecule has 4 atom stereocenters. The summed E-state index contributed by atoms with van der Waals surface area (Å²) >= 11 is 0. The standard InChI is InChI=1S/C14H23NO2/c1-9(10-6-7-10)15-12-5-3-2-4-11(12)8-13(15)14(16)17/h9-13H,2-8H2,1H3,(H,16,17). The van der Waals surface area contributed by atoms with Crippen LogP contribution in [0.15, 0.2) is 0 Å². The highest BCUT2D eigenvalue weighted by molar-refractivity contribution is 5.74. The molecule has 1 heterocycles. The fourth-order valence-electron chi connectivity index (χ4n) is 4.13. The number of carboxylic acids is 1. The van der Waals surface area contributed by atoms with Crippen LogP contribution in [0.2, 0.25) is 0 Å². The molecule has 0 aromatic carbocycles. The molecule has 0 radical (unpaired) electrons. The quantitative estimate of drug-likeness (QED) is 0.820. The van der Waals surface area contributed by atoms with Crippen LogP contribution in [0, 0.1) is 11.8 Å². The maximum Gasteiger partial charge on any atom is 0.320 e. The van der Waals surface area contributed by atoms with Crippen LogP contribution in [0.1, 0.15) is 51.9 Å². The lowest BCUT2D eigenvalue weighted by Crippen LogP contribution is -2.48. The second-order valence-electron chi connectivity index (χ2n) is 6.23. The van der Waals surface area contributed by atoms with Gasteiger partial charge in [0, 0.05) is 12.1 Å². The zero-order chi connectivity index (χ0) is 12.0. The first kappa shape index (κ1) is 11.5. The maximum atomic E-state index is 11.5. The number of carboxylic acid groups (broad SMARTS) is 1. The molecule has 3 fully saturated rings. The summed E-state index contributed by atoms with van der Waals surface area (Å²) in [5.74, 6) is 0.843. The predicted octanol–water partition coefficient (Wildman–Crippen LogP) is 2.50. The molecule has 0 aromatic heterocycles. The van der Waals surface area contributed by atoms with Gasteiger partial charge in [0.15, 0.2) is 0 Å². The van der Waals surface area contributed by atoms with Gasteiger partial charge >= 0.3 is 5.97 Å². The predicted molar refractivity (Wildman–Crippen MR) is 65.8 cm³/mol. The SMILES string of the molecule is CC(C1CC1)N1C(C(=O)O)CC2CCCCC21. The summed E-state index contributed by atoms with van der Waals surface area (Å²) in [5, 5.41) is 9.44. The zero-order valence-electron chi connectivity index (χ0n) is 10.6. The van der Waals surface area contributed by atoms with Gasteiger partial charge < -0.3 is 5.11 Å². The van der Waals surface area contributed by atoms with Crippen molar-refractivity contribution >= 4 is 5.97 Å². The molecule has 4 unspecified atom stereocenters. The second kappa shape index (κ2) is 4.27. The summed E-state index contributed by atoms with van der Waals surface area (Å²) in [5.41, 5.74) is 0. The molecule has 96 valence electrons. The van der Waals surface area contributed by atoms with Crippen molar-refractivity contribution in [3.05, 3.63) is 0 Å². The van der Waals surface area contributed by atoms with Gasteiger partial charge in [0.25, 0.3) is 0 Å². The zero-order valence-corrected chi connectivity index (χ0v) is 10.6. The summed E-state index contributed by atoms with van der Waals surface area (Å²) in [6.45, 7) is 2.25. The van der Waals surface area contributed by atoms with Crippen molar-refractivity contribution in [3.63, 3.8) is 0 Å². The van der Waals surface area contributed by atoms with Gasteiger partial charge in [0.1, 0.15) is 6.04 Å². The Hall–Kier alpha value is -0.570. The number of rotatable bonds is 3. The van der Waals surface area contributed by atoms with Gasteiger partial charge in [-0.3, -0.25) is 9.69 Å². The smallest absolute Gasteiger partial charge is 0.320 e. The van der Waals surface area contributed by atoms with Gasteiger partial charge in [-0.25, -0.2) is 0 Å².